The van der Waals surface area contributed by atoms with E-state index in [-0.39, 0.29) is 30.0 Å². The van der Waals surface area contributed by atoms with E-state index >= 15 is 0 Å². The molecule has 2 heterocycles. The van der Waals surface area contributed by atoms with Crippen LogP contribution in [0, 0.1) is 0 Å². The van der Waals surface area contributed by atoms with Gasteiger partial charge in [-0.25, -0.2) is 14.7 Å². The maximum absolute atomic E-state index is 6.10. The number of fused-ring (bicyclic) bond motifs is 1. The maximum atomic E-state index is 6.10. The van der Waals surface area contributed by atoms with Crippen LogP contribution in [0.2, 0.25) is 5.02 Å². The van der Waals surface area contributed by atoms with Crippen molar-refractivity contribution < 1.29 is 9.47 Å². The molecule has 0 bridgehead atoms. The zero-order chi connectivity index (χ0) is 19.8. The summed E-state index contributed by atoms with van der Waals surface area (Å²) in [5.41, 5.74) is 0. The van der Waals surface area contributed by atoms with Crippen molar-refractivity contribution in [2.24, 2.45) is 4.99 Å². The van der Waals surface area contributed by atoms with Crippen LogP contribution in [0.25, 0.3) is 0 Å². The van der Waals surface area contributed by atoms with Crippen molar-refractivity contribution in [3.8, 4) is 5.75 Å². The lowest BCUT2D eigenvalue weighted by atomic mass is 10.1. The Bertz CT molecular complexity index is 801. The van der Waals surface area contributed by atoms with Crippen LogP contribution < -0.4 is 15.4 Å². The molecule has 2 N–H and O–H groups in total. The van der Waals surface area contributed by atoms with E-state index in [0.717, 1.165) is 43.5 Å². The van der Waals surface area contributed by atoms with Crippen molar-refractivity contribution >= 4 is 41.5 Å². The number of guanidine groups is 1. The minimum Gasteiger partial charge on any atom is -0.490 e. The van der Waals surface area contributed by atoms with Crippen LogP contribution in [0.5, 0.6) is 5.75 Å². The summed E-state index contributed by atoms with van der Waals surface area (Å²) in [5, 5.41) is 11.9. The molecule has 0 fully saturated rings. The normalized spacial score (nSPS) is 16.0. The summed E-state index contributed by atoms with van der Waals surface area (Å²) in [6.45, 7) is 5.01. The minimum atomic E-state index is 0. The van der Waals surface area contributed by atoms with Gasteiger partial charge in [0.1, 0.15) is 24.8 Å². The lowest BCUT2D eigenvalue weighted by Crippen LogP contribution is -2.47. The van der Waals surface area contributed by atoms with Crippen LogP contribution >= 0.6 is 35.6 Å². The van der Waals surface area contributed by atoms with E-state index in [1.54, 1.807) is 7.11 Å². The van der Waals surface area contributed by atoms with Gasteiger partial charge in [0, 0.05) is 26.1 Å². The standard InChI is InChI=1S/C19H27ClN6O2.HI/c1-3-21-19(22-10-11-28-16-7-5-4-6-15(16)20)23-14-8-9-18-24-17(13-27-2)25-26(18)12-14;/h4-7,14H,3,8-13H2,1-2H3,(H2,21,22,23);1H. The number of methoxy groups -OCH3 is 1. The lowest BCUT2D eigenvalue weighted by Gasteiger charge is -2.25. The number of nitrogens with one attached hydrogen (secondary N) is 2. The third-order valence-electron chi connectivity index (χ3n) is 4.32. The number of hydrogen-bond donors (Lipinski definition) is 2. The molecule has 8 nitrogen and oxygen atoms in total. The van der Waals surface area contributed by atoms with Crippen LogP contribution in [-0.4, -0.2) is 53.6 Å². The van der Waals surface area contributed by atoms with Crippen molar-refractivity contribution in [1.29, 1.82) is 0 Å². The molecule has 0 spiro atoms. The quantitative estimate of drug-likeness (QED) is 0.234. The van der Waals surface area contributed by atoms with Crippen LogP contribution in [0.4, 0.5) is 0 Å². The van der Waals surface area contributed by atoms with E-state index < -0.39 is 0 Å². The summed E-state index contributed by atoms with van der Waals surface area (Å²) in [5.74, 6) is 3.20. The first-order valence-electron chi connectivity index (χ1n) is 9.53. The summed E-state index contributed by atoms with van der Waals surface area (Å²) in [4.78, 5) is 9.12. The Labute approximate surface area is 193 Å². The summed E-state index contributed by atoms with van der Waals surface area (Å²) in [6, 6.07) is 7.68. The highest BCUT2D eigenvalue weighted by Gasteiger charge is 2.22. The van der Waals surface area contributed by atoms with E-state index in [4.69, 9.17) is 21.1 Å². The van der Waals surface area contributed by atoms with Gasteiger partial charge in [0.05, 0.1) is 18.1 Å². The van der Waals surface area contributed by atoms with E-state index in [0.29, 0.717) is 30.5 Å². The van der Waals surface area contributed by atoms with E-state index in [2.05, 4.69) is 25.7 Å². The van der Waals surface area contributed by atoms with Gasteiger partial charge in [0.25, 0.3) is 0 Å². The highest BCUT2D eigenvalue weighted by Crippen LogP contribution is 2.22. The highest BCUT2D eigenvalue weighted by molar-refractivity contribution is 14.0. The molecule has 2 aromatic rings. The van der Waals surface area contributed by atoms with Crippen LogP contribution in [-0.2, 0) is 24.3 Å². The first-order chi connectivity index (χ1) is 13.7. The number of rotatable bonds is 8. The van der Waals surface area contributed by atoms with Gasteiger partial charge in [-0.1, -0.05) is 23.7 Å². The van der Waals surface area contributed by atoms with Crippen LogP contribution in [0.15, 0.2) is 29.3 Å². The Balaban J connectivity index is 0.00000300. The van der Waals surface area contributed by atoms with Crippen molar-refractivity contribution in [1.82, 2.24) is 25.4 Å². The topological polar surface area (TPSA) is 85.6 Å². The summed E-state index contributed by atoms with van der Waals surface area (Å²) < 4.78 is 12.8. The summed E-state index contributed by atoms with van der Waals surface area (Å²) in [6.07, 6.45) is 1.86. The Morgan fingerprint density at radius 1 is 1.38 bits per heavy atom. The molecule has 10 heteroatoms. The predicted octanol–water partition coefficient (Wildman–Crippen LogP) is 2.64. The number of aryl methyl sites for hydroxylation is 1. The number of hydrogen-bond acceptors (Lipinski definition) is 5. The molecule has 1 unspecified atom stereocenters. The first-order valence-corrected chi connectivity index (χ1v) is 9.91. The number of para-hydroxylation sites is 1. The minimum absolute atomic E-state index is 0. The van der Waals surface area contributed by atoms with E-state index in [1.165, 1.54) is 0 Å². The largest absolute Gasteiger partial charge is 0.490 e. The molecule has 160 valence electrons. The Morgan fingerprint density at radius 3 is 2.97 bits per heavy atom. The zero-order valence-electron chi connectivity index (χ0n) is 16.7. The highest BCUT2D eigenvalue weighted by atomic mass is 127. The fourth-order valence-electron chi connectivity index (χ4n) is 3.06. The second-order valence-electron chi connectivity index (χ2n) is 6.48. The second-order valence-corrected chi connectivity index (χ2v) is 6.89. The number of aromatic nitrogens is 3. The molecule has 1 atom stereocenters. The molecule has 3 rings (SSSR count). The van der Waals surface area contributed by atoms with Crippen molar-refractivity contribution in [2.45, 2.75) is 39.0 Å². The number of ether oxygens (including phenoxy) is 2. The average Bonchev–Trinajstić information content (AvgIpc) is 3.08. The SMILES string of the molecule is CCNC(=NCCOc1ccccc1Cl)NC1CCc2nc(COC)nn2C1.I. The molecule has 1 aliphatic heterocycles. The smallest absolute Gasteiger partial charge is 0.191 e. The number of nitrogens with zero attached hydrogens (tertiary/aromatic N) is 4. The maximum Gasteiger partial charge on any atom is 0.191 e. The second kappa shape index (κ2) is 12.2. The Kier molecular flexibility index (Phi) is 9.95. The van der Waals surface area contributed by atoms with Crippen LogP contribution in [0.1, 0.15) is 25.0 Å². The van der Waals surface area contributed by atoms with Gasteiger partial charge in [-0.15, -0.1) is 24.0 Å². The van der Waals surface area contributed by atoms with E-state index in [9.17, 15) is 0 Å². The molecule has 29 heavy (non-hydrogen) atoms. The van der Waals surface area contributed by atoms with Crippen LogP contribution in [0.3, 0.4) is 0 Å². The van der Waals surface area contributed by atoms with Gasteiger partial charge in [-0.2, -0.15) is 5.10 Å². The van der Waals surface area contributed by atoms with Crippen molar-refractivity contribution in [3.63, 3.8) is 0 Å². The predicted molar refractivity (Wildman–Crippen MR) is 124 cm³/mol. The Hall–Kier alpha value is -1.59. The molecule has 0 saturated carbocycles. The fraction of sp³-hybridized carbons (Fsp3) is 0.526. The third-order valence-corrected chi connectivity index (χ3v) is 4.63. The molecule has 1 aliphatic rings. The number of halogens is 2. The fourth-order valence-corrected chi connectivity index (χ4v) is 3.25. The molecule has 1 aromatic carbocycles. The average molecular weight is 535 g/mol. The zero-order valence-corrected chi connectivity index (χ0v) is 19.8. The molecule has 0 radical (unpaired) electrons. The number of benzene rings is 1. The van der Waals surface area contributed by atoms with Gasteiger partial charge in [0.2, 0.25) is 0 Å². The molecule has 0 aliphatic carbocycles. The van der Waals surface area contributed by atoms with Gasteiger partial charge in [0.15, 0.2) is 11.8 Å². The Morgan fingerprint density at radius 2 is 2.21 bits per heavy atom. The third kappa shape index (κ3) is 7.00. The molecule has 0 amide bonds. The monoisotopic (exact) mass is 534 g/mol. The lowest BCUT2D eigenvalue weighted by molar-refractivity contribution is 0.177. The van der Waals surface area contributed by atoms with Crippen molar-refractivity contribution in [2.75, 3.05) is 26.8 Å². The van der Waals surface area contributed by atoms with Crippen molar-refractivity contribution in [3.05, 3.63) is 40.9 Å². The molecular formula is C19H28ClIN6O2. The van der Waals surface area contributed by atoms with Gasteiger partial charge in [-0.3, -0.25) is 0 Å². The number of aliphatic imine (C=N–C) groups is 1. The summed E-state index contributed by atoms with van der Waals surface area (Å²) in [7, 11) is 1.65. The first kappa shape index (κ1) is 23.7. The van der Waals surface area contributed by atoms with E-state index in [1.807, 2.05) is 35.9 Å². The summed E-state index contributed by atoms with van der Waals surface area (Å²) >= 11 is 6.10. The molecule has 1 aromatic heterocycles. The van der Waals surface area contributed by atoms with Gasteiger partial charge >= 0.3 is 0 Å². The van der Waals surface area contributed by atoms with Gasteiger partial charge in [-0.05, 0) is 25.5 Å². The molecule has 0 saturated heterocycles. The van der Waals surface area contributed by atoms with Gasteiger partial charge < -0.3 is 20.1 Å². The molecular weight excluding hydrogens is 507 g/mol.